The molecule has 2 aliphatic carbocycles. The van der Waals surface area contributed by atoms with Crippen LogP contribution in [0.15, 0.2) is 212 Å². The molecule has 1 nitrogen and oxygen atoms in total. The van der Waals surface area contributed by atoms with Gasteiger partial charge < -0.3 is 4.90 Å². The van der Waals surface area contributed by atoms with E-state index in [2.05, 4.69) is 245 Å². The molecule has 0 unspecified atom stereocenters. The quantitative estimate of drug-likeness (QED) is 0.156. The van der Waals surface area contributed by atoms with Crippen molar-refractivity contribution in [1.82, 2.24) is 0 Å². The minimum Gasteiger partial charge on any atom is -0.310 e. The average Bonchev–Trinajstić information content (AvgIpc) is 3.73. The molecule has 0 atom stereocenters. The second kappa shape index (κ2) is 14.2. The topological polar surface area (TPSA) is 3.24 Å². The molecule has 0 fully saturated rings. The standard InChI is InChI=1S/C60H47N/c1-40-35-45(44-22-18-21-43(37-44)42-19-8-5-9-20-42)36-41(2)58(40)61(48-31-33-52-50-27-14-16-29-54(50)59(3,4)56(52)38-48)49-32-34-53-51-28-15-17-30-55(51)60(57(53)39-49,46-23-10-6-11-24-46)47-25-12-7-13-26-47/h5-39H,1-4H3. The Bertz CT molecular complexity index is 3060. The number of aryl methyl sites for hydroxylation is 2. The van der Waals surface area contributed by atoms with Gasteiger partial charge >= 0.3 is 0 Å². The van der Waals surface area contributed by atoms with Gasteiger partial charge in [0.1, 0.15) is 0 Å². The van der Waals surface area contributed by atoms with Crippen LogP contribution in [0.1, 0.15) is 58.4 Å². The molecule has 0 bridgehead atoms. The number of fused-ring (bicyclic) bond motifs is 6. The van der Waals surface area contributed by atoms with E-state index >= 15 is 0 Å². The van der Waals surface area contributed by atoms with Crippen LogP contribution in [0.25, 0.3) is 44.5 Å². The fourth-order valence-corrected chi connectivity index (χ4v) is 10.8. The highest BCUT2D eigenvalue weighted by molar-refractivity contribution is 5.92. The van der Waals surface area contributed by atoms with E-state index in [9.17, 15) is 0 Å². The monoisotopic (exact) mass is 781 g/mol. The molecule has 292 valence electrons. The molecule has 1 heteroatoms. The molecule has 0 N–H and O–H groups in total. The smallest absolute Gasteiger partial charge is 0.0714 e. The van der Waals surface area contributed by atoms with E-state index in [4.69, 9.17) is 0 Å². The highest BCUT2D eigenvalue weighted by Gasteiger charge is 2.46. The summed E-state index contributed by atoms with van der Waals surface area (Å²) in [5, 5.41) is 0. The molecule has 0 saturated carbocycles. The zero-order valence-corrected chi connectivity index (χ0v) is 35.2. The van der Waals surface area contributed by atoms with Gasteiger partial charge in [0.2, 0.25) is 0 Å². The van der Waals surface area contributed by atoms with Gasteiger partial charge in [0.25, 0.3) is 0 Å². The Labute approximate surface area is 360 Å². The zero-order chi connectivity index (χ0) is 41.3. The van der Waals surface area contributed by atoms with Gasteiger partial charge in [-0.25, -0.2) is 0 Å². The van der Waals surface area contributed by atoms with E-state index < -0.39 is 5.41 Å². The van der Waals surface area contributed by atoms with Crippen LogP contribution in [0.5, 0.6) is 0 Å². The largest absolute Gasteiger partial charge is 0.310 e. The van der Waals surface area contributed by atoms with Crippen LogP contribution in [0.3, 0.4) is 0 Å². The van der Waals surface area contributed by atoms with Crippen molar-refractivity contribution >= 4 is 17.1 Å². The summed E-state index contributed by atoms with van der Waals surface area (Å²) in [6.45, 7) is 9.33. The lowest BCUT2D eigenvalue weighted by molar-refractivity contribution is 0.660. The fraction of sp³-hybridized carbons (Fsp3) is 0.100. The van der Waals surface area contributed by atoms with Gasteiger partial charge in [-0.3, -0.25) is 0 Å². The van der Waals surface area contributed by atoms with Crippen molar-refractivity contribution in [3.05, 3.63) is 257 Å². The lowest BCUT2D eigenvalue weighted by atomic mass is 9.67. The Morgan fingerprint density at radius 2 is 0.770 bits per heavy atom. The fourth-order valence-electron chi connectivity index (χ4n) is 10.8. The third-order valence-electron chi connectivity index (χ3n) is 13.5. The molecule has 0 heterocycles. The third kappa shape index (κ3) is 5.68. The summed E-state index contributed by atoms with van der Waals surface area (Å²) in [4.78, 5) is 2.54. The first-order chi connectivity index (χ1) is 29.8. The van der Waals surface area contributed by atoms with E-state index in [1.54, 1.807) is 0 Å². The lowest BCUT2D eigenvalue weighted by Crippen LogP contribution is -2.28. The SMILES string of the molecule is Cc1cc(-c2cccc(-c3ccccc3)c2)cc(C)c1N(c1ccc2c(c1)C(C)(C)c1ccccc1-2)c1ccc2c(c1)C(c1ccccc1)(c1ccccc1)c1ccccc1-2. The summed E-state index contributed by atoms with van der Waals surface area (Å²) in [7, 11) is 0. The Hall–Kier alpha value is -7.22. The molecule has 0 aliphatic heterocycles. The van der Waals surface area contributed by atoms with Gasteiger partial charge in [0.15, 0.2) is 0 Å². The zero-order valence-electron chi connectivity index (χ0n) is 35.2. The van der Waals surface area contributed by atoms with Crippen molar-refractivity contribution in [3.63, 3.8) is 0 Å². The van der Waals surface area contributed by atoms with Gasteiger partial charge in [-0.15, -0.1) is 0 Å². The highest BCUT2D eigenvalue weighted by Crippen LogP contribution is 2.58. The summed E-state index contributed by atoms with van der Waals surface area (Å²) < 4.78 is 0. The maximum atomic E-state index is 2.54. The molecule has 61 heavy (non-hydrogen) atoms. The number of nitrogens with zero attached hydrogens (tertiary/aromatic N) is 1. The predicted molar refractivity (Wildman–Crippen MR) is 256 cm³/mol. The van der Waals surface area contributed by atoms with Crippen molar-refractivity contribution in [2.24, 2.45) is 0 Å². The molecule has 2 aliphatic rings. The van der Waals surface area contributed by atoms with Gasteiger partial charge in [0, 0.05) is 16.8 Å². The first-order valence-electron chi connectivity index (χ1n) is 21.5. The second-order valence-corrected chi connectivity index (χ2v) is 17.4. The molecule has 0 amide bonds. The average molecular weight is 782 g/mol. The molecular formula is C60H47N. The minimum atomic E-state index is -0.505. The highest BCUT2D eigenvalue weighted by atomic mass is 15.1. The predicted octanol–water partition coefficient (Wildman–Crippen LogP) is 15.8. The molecule has 11 rings (SSSR count). The van der Waals surface area contributed by atoms with Crippen LogP contribution in [0.4, 0.5) is 17.1 Å². The van der Waals surface area contributed by atoms with Crippen molar-refractivity contribution in [2.45, 2.75) is 38.5 Å². The third-order valence-corrected chi connectivity index (χ3v) is 13.5. The minimum absolute atomic E-state index is 0.138. The number of benzene rings is 9. The van der Waals surface area contributed by atoms with Crippen molar-refractivity contribution < 1.29 is 0 Å². The summed E-state index contributed by atoms with van der Waals surface area (Å²) in [6, 6.07) is 79.0. The van der Waals surface area contributed by atoms with Crippen LogP contribution in [-0.2, 0) is 10.8 Å². The molecular weight excluding hydrogens is 735 g/mol. The summed E-state index contributed by atoms with van der Waals surface area (Å²) in [5.74, 6) is 0. The first-order valence-corrected chi connectivity index (χ1v) is 21.5. The van der Waals surface area contributed by atoms with Gasteiger partial charge in [-0.1, -0.05) is 184 Å². The Balaban J connectivity index is 1.15. The number of hydrogen-bond acceptors (Lipinski definition) is 1. The van der Waals surface area contributed by atoms with Crippen molar-refractivity contribution in [1.29, 1.82) is 0 Å². The number of anilines is 3. The van der Waals surface area contributed by atoms with Crippen molar-refractivity contribution in [3.8, 4) is 44.5 Å². The molecule has 0 spiro atoms. The molecule has 9 aromatic carbocycles. The summed E-state index contributed by atoms with van der Waals surface area (Å²) in [6.07, 6.45) is 0. The van der Waals surface area contributed by atoms with Crippen LogP contribution in [0.2, 0.25) is 0 Å². The second-order valence-electron chi connectivity index (χ2n) is 17.4. The van der Waals surface area contributed by atoms with Gasteiger partial charge in [0.05, 0.1) is 11.1 Å². The molecule has 0 radical (unpaired) electrons. The normalized spacial score (nSPS) is 13.8. The number of hydrogen-bond donors (Lipinski definition) is 0. The Morgan fingerprint density at radius 3 is 1.38 bits per heavy atom. The summed E-state index contributed by atoms with van der Waals surface area (Å²) in [5.41, 5.74) is 23.3. The van der Waals surface area contributed by atoms with Crippen LogP contribution in [0, 0.1) is 13.8 Å². The van der Waals surface area contributed by atoms with Crippen LogP contribution < -0.4 is 4.90 Å². The van der Waals surface area contributed by atoms with E-state index in [0.717, 1.165) is 11.4 Å². The van der Waals surface area contributed by atoms with Crippen LogP contribution in [-0.4, -0.2) is 0 Å². The molecule has 0 saturated heterocycles. The summed E-state index contributed by atoms with van der Waals surface area (Å²) >= 11 is 0. The number of rotatable bonds is 7. The Kier molecular flexibility index (Phi) is 8.58. The molecule has 0 aromatic heterocycles. The first kappa shape index (κ1) is 36.8. The van der Waals surface area contributed by atoms with E-state index in [1.807, 2.05) is 0 Å². The van der Waals surface area contributed by atoms with E-state index in [0.29, 0.717) is 0 Å². The van der Waals surface area contributed by atoms with E-state index in [-0.39, 0.29) is 5.41 Å². The Morgan fingerprint density at radius 1 is 0.328 bits per heavy atom. The van der Waals surface area contributed by atoms with Gasteiger partial charge in [-0.2, -0.15) is 0 Å². The maximum Gasteiger partial charge on any atom is 0.0714 e. The molecule has 9 aromatic rings. The van der Waals surface area contributed by atoms with Crippen molar-refractivity contribution in [2.75, 3.05) is 4.90 Å². The van der Waals surface area contributed by atoms with Crippen LogP contribution >= 0.6 is 0 Å². The van der Waals surface area contributed by atoms with E-state index in [1.165, 1.54) is 94.7 Å². The van der Waals surface area contributed by atoms with Gasteiger partial charge in [-0.05, 0) is 145 Å². The maximum absolute atomic E-state index is 2.54. The lowest BCUT2D eigenvalue weighted by Gasteiger charge is -2.35.